The van der Waals surface area contributed by atoms with Crippen molar-refractivity contribution in [1.29, 1.82) is 0 Å². The van der Waals surface area contributed by atoms with Crippen LogP contribution < -0.4 is 0 Å². The molecule has 0 aromatic carbocycles. The van der Waals surface area contributed by atoms with E-state index in [1.807, 2.05) is 33.8 Å². The molecule has 0 saturated heterocycles. The maximum absolute atomic E-state index is 11.6. The van der Waals surface area contributed by atoms with Gasteiger partial charge in [0.1, 0.15) is 5.60 Å². The molecule has 2 nitrogen and oxygen atoms in total. The molecule has 0 amide bonds. The Kier molecular flexibility index (Phi) is 9.32. The molecule has 0 aromatic rings. The summed E-state index contributed by atoms with van der Waals surface area (Å²) in [6.45, 7) is 14.4. The number of esters is 1. The average Bonchev–Trinajstić information content (AvgIpc) is 2.25. The molecule has 0 radical (unpaired) electrons. The Bertz CT molecular complexity index is 356. The highest BCUT2D eigenvalue weighted by Crippen LogP contribution is 2.16. The van der Waals surface area contributed by atoms with Crippen molar-refractivity contribution in [3.8, 4) is 0 Å². The van der Waals surface area contributed by atoms with E-state index in [4.69, 9.17) is 4.74 Å². The maximum atomic E-state index is 11.6. The number of carbonyl (C=O) groups excluding carboxylic acids is 1. The van der Waals surface area contributed by atoms with Crippen molar-refractivity contribution in [2.24, 2.45) is 11.8 Å². The normalized spacial score (nSPS) is 14.8. The van der Waals surface area contributed by atoms with Crippen molar-refractivity contribution in [1.82, 2.24) is 0 Å². The molecule has 0 aliphatic heterocycles. The van der Waals surface area contributed by atoms with Crippen LogP contribution in [0.4, 0.5) is 0 Å². The third-order valence-corrected chi connectivity index (χ3v) is 3.15. The Labute approximate surface area is 131 Å². The largest absolute Gasteiger partial charge is 0.457 e. The topological polar surface area (TPSA) is 26.3 Å². The molecular formula is C19H34O2. The zero-order valence-electron chi connectivity index (χ0n) is 15.0. The van der Waals surface area contributed by atoms with Gasteiger partial charge in [-0.25, -0.2) is 4.79 Å². The van der Waals surface area contributed by atoms with Crippen LogP contribution in [0.1, 0.15) is 74.1 Å². The third-order valence-electron chi connectivity index (χ3n) is 3.15. The Morgan fingerprint density at radius 3 is 2.29 bits per heavy atom. The zero-order valence-corrected chi connectivity index (χ0v) is 15.0. The fourth-order valence-corrected chi connectivity index (χ4v) is 2.04. The highest BCUT2D eigenvalue weighted by Gasteiger charge is 2.14. The van der Waals surface area contributed by atoms with Crippen LogP contribution in [0.5, 0.6) is 0 Å². The fourth-order valence-electron chi connectivity index (χ4n) is 2.04. The molecule has 0 rings (SSSR count). The lowest BCUT2D eigenvalue weighted by Crippen LogP contribution is -2.22. The first-order valence-electron chi connectivity index (χ1n) is 8.18. The van der Waals surface area contributed by atoms with E-state index in [0.29, 0.717) is 5.92 Å². The number of hydrogen-bond donors (Lipinski definition) is 0. The van der Waals surface area contributed by atoms with Gasteiger partial charge >= 0.3 is 5.97 Å². The number of ether oxygens (including phenoxy) is 1. The van der Waals surface area contributed by atoms with Gasteiger partial charge in [-0.2, -0.15) is 0 Å². The minimum absolute atomic E-state index is 0.269. The summed E-state index contributed by atoms with van der Waals surface area (Å²) in [6.07, 6.45) is 10.7. The summed E-state index contributed by atoms with van der Waals surface area (Å²) in [5.74, 6) is 1.23. The Morgan fingerprint density at radius 2 is 1.76 bits per heavy atom. The molecule has 1 unspecified atom stereocenters. The molecule has 0 saturated carbocycles. The minimum Gasteiger partial charge on any atom is -0.457 e. The van der Waals surface area contributed by atoms with Crippen LogP contribution >= 0.6 is 0 Å². The number of hydrogen-bond acceptors (Lipinski definition) is 2. The SMILES string of the molecule is CC(/C=C/CC(C)CCCC(C)C)=C\C(=O)OC(C)(C)C. The Balaban J connectivity index is 4.08. The molecule has 21 heavy (non-hydrogen) atoms. The second kappa shape index (κ2) is 9.81. The lowest BCUT2D eigenvalue weighted by atomic mass is 9.97. The van der Waals surface area contributed by atoms with Crippen molar-refractivity contribution in [3.05, 3.63) is 23.8 Å². The van der Waals surface area contributed by atoms with E-state index in [1.165, 1.54) is 19.3 Å². The van der Waals surface area contributed by atoms with Gasteiger partial charge in [0.05, 0.1) is 0 Å². The summed E-state index contributed by atoms with van der Waals surface area (Å²) in [4.78, 5) is 11.6. The van der Waals surface area contributed by atoms with Gasteiger partial charge in [0, 0.05) is 6.08 Å². The predicted molar refractivity (Wildman–Crippen MR) is 91.2 cm³/mol. The number of rotatable bonds is 8. The van der Waals surface area contributed by atoms with Crippen LogP contribution in [0.3, 0.4) is 0 Å². The first kappa shape index (κ1) is 19.9. The molecule has 122 valence electrons. The summed E-state index contributed by atoms with van der Waals surface area (Å²) < 4.78 is 5.26. The molecule has 0 aliphatic carbocycles. The third kappa shape index (κ3) is 13.7. The zero-order chi connectivity index (χ0) is 16.5. The van der Waals surface area contributed by atoms with Crippen molar-refractivity contribution in [3.63, 3.8) is 0 Å². The molecular weight excluding hydrogens is 260 g/mol. The van der Waals surface area contributed by atoms with E-state index in [9.17, 15) is 4.79 Å². The molecule has 1 atom stereocenters. The van der Waals surface area contributed by atoms with E-state index in [-0.39, 0.29) is 5.97 Å². The predicted octanol–water partition coefficient (Wildman–Crippen LogP) is 5.68. The lowest BCUT2D eigenvalue weighted by molar-refractivity contribution is -0.148. The lowest BCUT2D eigenvalue weighted by Gasteiger charge is -2.18. The van der Waals surface area contributed by atoms with Gasteiger partial charge in [0.2, 0.25) is 0 Å². The number of allylic oxidation sites excluding steroid dienone is 3. The van der Waals surface area contributed by atoms with Gasteiger partial charge in [0.15, 0.2) is 0 Å². The fraction of sp³-hybridized carbons (Fsp3) is 0.737. The molecule has 0 spiro atoms. The summed E-state index contributed by atoms with van der Waals surface area (Å²) in [5.41, 5.74) is 0.515. The molecule has 0 heterocycles. The second-order valence-corrected chi connectivity index (χ2v) is 7.49. The minimum atomic E-state index is -0.428. The van der Waals surface area contributed by atoms with Crippen LogP contribution in [-0.4, -0.2) is 11.6 Å². The summed E-state index contributed by atoms with van der Waals surface area (Å²) in [5, 5.41) is 0. The van der Waals surface area contributed by atoms with Crippen LogP contribution in [0.15, 0.2) is 23.8 Å². The second-order valence-electron chi connectivity index (χ2n) is 7.49. The molecule has 2 heteroatoms. The average molecular weight is 294 g/mol. The summed E-state index contributed by atoms with van der Waals surface area (Å²) >= 11 is 0. The Morgan fingerprint density at radius 1 is 1.14 bits per heavy atom. The van der Waals surface area contributed by atoms with Crippen molar-refractivity contribution in [2.45, 2.75) is 79.8 Å². The van der Waals surface area contributed by atoms with E-state index in [0.717, 1.165) is 17.9 Å². The van der Waals surface area contributed by atoms with Crippen LogP contribution in [-0.2, 0) is 9.53 Å². The van der Waals surface area contributed by atoms with Crippen LogP contribution in [0.2, 0.25) is 0 Å². The van der Waals surface area contributed by atoms with E-state index >= 15 is 0 Å². The maximum Gasteiger partial charge on any atom is 0.331 e. The molecule has 0 bridgehead atoms. The molecule has 0 aromatic heterocycles. The smallest absolute Gasteiger partial charge is 0.331 e. The molecule has 0 fully saturated rings. The van der Waals surface area contributed by atoms with Crippen molar-refractivity contribution in [2.75, 3.05) is 0 Å². The first-order chi connectivity index (χ1) is 9.60. The molecule has 0 N–H and O–H groups in total. The standard InChI is InChI=1S/C19H34O2/c1-15(2)10-8-11-16(3)12-9-13-17(4)14-18(20)21-19(5,6)7/h9,13-16H,8,10-12H2,1-7H3/b13-9+,17-14+. The van der Waals surface area contributed by atoms with Crippen LogP contribution in [0.25, 0.3) is 0 Å². The van der Waals surface area contributed by atoms with Crippen molar-refractivity contribution < 1.29 is 9.53 Å². The van der Waals surface area contributed by atoms with Crippen molar-refractivity contribution >= 4 is 5.97 Å². The first-order valence-corrected chi connectivity index (χ1v) is 8.18. The van der Waals surface area contributed by atoms with Gasteiger partial charge in [0.25, 0.3) is 0 Å². The summed E-state index contributed by atoms with van der Waals surface area (Å²) in [6, 6.07) is 0. The van der Waals surface area contributed by atoms with Gasteiger partial charge in [-0.1, -0.05) is 52.2 Å². The highest BCUT2D eigenvalue weighted by atomic mass is 16.6. The molecule has 0 aliphatic rings. The highest BCUT2D eigenvalue weighted by molar-refractivity contribution is 5.83. The van der Waals surface area contributed by atoms with Crippen LogP contribution in [0, 0.1) is 11.8 Å². The quantitative estimate of drug-likeness (QED) is 0.327. The van der Waals surface area contributed by atoms with Gasteiger partial charge in [-0.05, 0) is 51.5 Å². The Hall–Kier alpha value is -1.05. The van der Waals surface area contributed by atoms with Gasteiger partial charge in [-0.15, -0.1) is 0 Å². The number of carbonyl (C=O) groups is 1. The van der Waals surface area contributed by atoms with E-state index < -0.39 is 5.60 Å². The van der Waals surface area contributed by atoms with E-state index in [1.54, 1.807) is 6.08 Å². The summed E-state index contributed by atoms with van der Waals surface area (Å²) in [7, 11) is 0. The van der Waals surface area contributed by atoms with E-state index in [2.05, 4.69) is 26.8 Å². The van der Waals surface area contributed by atoms with Gasteiger partial charge in [-0.3, -0.25) is 0 Å². The van der Waals surface area contributed by atoms with Gasteiger partial charge < -0.3 is 4.74 Å². The monoisotopic (exact) mass is 294 g/mol.